The molecule has 0 aromatic heterocycles. The summed E-state index contributed by atoms with van der Waals surface area (Å²) in [4.78, 5) is 0. The monoisotopic (exact) mass is 141 g/mol. The summed E-state index contributed by atoms with van der Waals surface area (Å²) in [5, 5.41) is 0. The van der Waals surface area contributed by atoms with E-state index >= 15 is 0 Å². The molecule has 2 rings (SSSR count). The molecule has 0 aromatic carbocycles. The highest BCUT2D eigenvalue weighted by atomic mass is 32.1. The van der Waals surface area contributed by atoms with Crippen molar-refractivity contribution in [3.8, 4) is 11.1 Å². The van der Waals surface area contributed by atoms with E-state index in [2.05, 4.69) is 30.0 Å². The summed E-state index contributed by atoms with van der Waals surface area (Å²) in [5.74, 6) is 0. The zero-order valence-corrected chi connectivity index (χ0v) is 6.39. The number of hydrogen-bond acceptors (Lipinski definition) is 1. The van der Waals surface area contributed by atoms with Crippen LogP contribution in [-0.4, -0.2) is 7.05 Å². The minimum atomic E-state index is 0. The Kier molecular flexibility index (Phi) is 3.35. The fraction of sp³-hybridized carbons (Fsp3) is 0.143. The number of benzene rings is 1. The Labute approximate surface area is 62.3 Å². The summed E-state index contributed by atoms with van der Waals surface area (Å²) in [6.07, 6.45) is 0. The van der Waals surface area contributed by atoms with Crippen LogP contribution in [0.3, 0.4) is 0 Å². The topological polar surface area (TPSA) is 26.0 Å². The second-order valence-electron chi connectivity index (χ2n) is 1.58. The predicted octanol–water partition coefficient (Wildman–Crippen LogP) is 1.35. The standard InChI is InChI=1S/C6H4.CH5N.H2S/c1-2-5-4-6(5)3-1;1-2;/h1-4H;2H2,1H3;1H2. The van der Waals surface area contributed by atoms with E-state index in [1.54, 1.807) is 0 Å². The van der Waals surface area contributed by atoms with E-state index in [4.69, 9.17) is 0 Å². The lowest BCUT2D eigenvalue weighted by molar-refractivity contribution is 1.48. The van der Waals surface area contributed by atoms with E-state index in [1.807, 2.05) is 0 Å². The van der Waals surface area contributed by atoms with Crippen LogP contribution in [0.5, 0.6) is 0 Å². The number of fused-ring (bicyclic) bond motifs is 1. The second kappa shape index (κ2) is 3.54. The van der Waals surface area contributed by atoms with Gasteiger partial charge in [0.05, 0.1) is 0 Å². The van der Waals surface area contributed by atoms with Crippen molar-refractivity contribution in [3.63, 3.8) is 0 Å². The number of rotatable bonds is 0. The zero-order valence-electron chi connectivity index (χ0n) is 5.39. The quantitative estimate of drug-likeness (QED) is 0.589. The third-order valence-corrected chi connectivity index (χ3v) is 1.11. The predicted molar refractivity (Wildman–Crippen MR) is 45.9 cm³/mol. The molecule has 0 saturated carbocycles. The lowest BCUT2D eigenvalue weighted by Gasteiger charge is -1.48. The van der Waals surface area contributed by atoms with Crippen molar-refractivity contribution in [2.45, 2.75) is 0 Å². The molecule has 0 atom stereocenters. The first kappa shape index (κ1) is 8.53. The molecular formula is C7H11NS. The van der Waals surface area contributed by atoms with E-state index in [-0.39, 0.29) is 13.5 Å². The fourth-order valence-electron chi connectivity index (χ4n) is 0.676. The van der Waals surface area contributed by atoms with Crippen molar-refractivity contribution >= 4 is 13.5 Å². The van der Waals surface area contributed by atoms with E-state index in [1.165, 1.54) is 18.2 Å². The van der Waals surface area contributed by atoms with Crippen LogP contribution in [0, 0.1) is 0 Å². The zero-order chi connectivity index (χ0) is 5.98. The lowest BCUT2D eigenvalue weighted by Crippen LogP contribution is -1.69. The molecule has 0 fully saturated rings. The first-order valence-corrected chi connectivity index (χ1v) is 2.65. The van der Waals surface area contributed by atoms with Gasteiger partial charge in [-0.15, -0.1) is 0 Å². The third-order valence-electron chi connectivity index (χ3n) is 1.11. The molecule has 50 valence electrons. The van der Waals surface area contributed by atoms with Crippen molar-refractivity contribution in [1.82, 2.24) is 0 Å². The maximum atomic E-state index is 4.50. The fourth-order valence-corrected chi connectivity index (χ4v) is 0.676. The number of nitrogens with two attached hydrogens (primary N) is 1. The Hall–Kier alpha value is -0.470. The second-order valence-corrected chi connectivity index (χ2v) is 1.58. The van der Waals surface area contributed by atoms with Gasteiger partial charge in [-0.25, -0.2) is 0 Å². The molecule has 0 radical (unpaired) electrons. The Morgan fingerprint density at radius 2 is 1.56 bits per heavy atom. The Morgan fingerprint density at radius 1 is 1.11 bits per heavy atom. The molecule has 0 saturated heterocycles. The summed E-state index contributed by atoms with van der Waals surface area (Å²) in [7, 11) is 1.50. The summed E-state index contributed by atoms with van der Waals surface area (Å²) < 4.78 is 0. The smallest absolute Gasteiger partial charge is 0.0178 e. The summed E-state index contributed by atoms with van der Waals surface area (Å²) in [5.41, 5.74) is 7.35. The van der Waals surface area contributed by atoms with Crippen LogP contribution in [-0.2, 0) is 0 Å². The van der Waals surface area contributed by atoms with Crippen LogP contribution in [0.2, 0.25) is 0 Å². The lowest BCUT2D eigenvalue weighted by atomic mass is 10.6. The van der Waals surface area contributed by atoms with E-state index in [0.717, 1.165) is 0 Å². The average molecular weight is 141 g/mol. The summed E-state index contributed by atoms with van der Waals surface area (Å²) in [6, 6.07) is 8.48. The molecule has 2 aliphatic carbocycles. The molecule has 0 spiro atoms. The molecule has 2 N–H and O–H groups in total. The van der Waals surface area contributed by atoms with Crippen LogP contribution in [0.25, 0.3) is 11.1 Å². The van der Waals surface area contributed by atoms with Gasteiger partial charge in [0, 0.05) is 0 Å². The van der Waals surface area contributed by atoms with Crippen LogP contribution in [0.4, 0.5) is 0 Å². The minimum absolute atomic E-state index is 0. The minimum Gasteiger partial charge on any atom is -0.333 e. The normalized spacial score (nSPS) is 8.22. The van der Waals surface area contributed by atoms with Gasteiger partial charge in [-0.3, -0.25) is 0 Å². The third kappa shape index (κ3) is 1.73. The van der Waals surface area contributed by atoms with E-state index in [9.17, 15) is 0 Å². The van der Waals surface area contributed by atoms with Gasteiger partial charge in [-0.05, 0) is 24.2 Å². The maximum absolute atomic E-state index is 4.50. The van der Waals surface area contributed by atoms with Gasteiger partial charge in [0.25, 0.3) is 0 Å². The highest BCUT2D eigenvalue weighted by molar-refractivity contribution is 7.59. The van der Waals surface area contributed by atoms with Crippen LogP contribution < -0.4 is 5.73 Å². The summed E-state index contributed by atoms with van der Waals surface area (Å²) >= 11 is 0. The molecule has 0 amide bonds. The molecule has 0 heterocycles. The average Bonchev–Trinajstić information content (AvgIpc) is 2.46. The molecule has 9 heavy (non-hydrogen) atoms. The molecule has 0 bridgehead atoms. The molecule has 2 aliphatic rings. The van der Waals surface area contributed by atoms with Crippen molar-refractivity contribution in [3.05, 3.63) is 24.3 Å². The summed E-state index contributed by atoms with van der Waals surface area (Å²) in [6.45, 7) is 0. The Morgan fingerprint density at radius 3 is 1.67 bits per heavy atom. The van der Waals surface area contributed by atoms with E-state index in [0.29, 0.717) is 0 Å². The molecule has 0 aliphatic heterocycles. The molecule has 2 heteroatoms. The molecule has 0 unspecified atom stereocenters. The Bertz CT molecular complexity index is 169. The van der Waals surface area contributed by atoms with Crippen LogP contribution in [0.15, 0.2) is 24.3 Å². The maximum Gasteiger partial charge on any atom is -0.0178 e. The van der Waals surface area contributed by atoms with Gasteiger partial charge < -0.3 is 5.73 Å². The Balaban J connectivity index is 0.000000198. The van der Waals surface area contributed by atoms with Gasteiger partial charge in [0.1, 0.15) is 0 Å². The highest BCUT2D eigenvalue weighted by Gasteiger charge is 2.06. The van der Waals surface area contributed by atoms with Gasteiger partial charge in [-0.2, -0.15) is 13.5 Å². The molecular weight excluding hydrogens is 130 g/mol. The van der Waals surface area contributed by atoms with E-state index < -0.39 is 0 Å². The van der Waals surface area contributed by atoms with Crippen molar-refractivity contribution in [1.29, 1.82) is 0 Å². The van der Waals surface area contributed by atoms with Crippen LogP contribution >= 0.6 is 13.5 Å². The van der Waals surface area contributed by atoms with Gasteiger partial charge >= 0.3 is 0 Å². The van der Waals surface area contributed by atoms with Gasteiger partial charge in [0.15, 0.2) is 0 Å². The SMILES string of the molecule is CN.S.c1cc2cc-2c1. The number of hydrogen-bond donors (Lipinski definition) is 1. The first-order chi connectivity index (χ1) is 3.97. The largest absolute Gasteiger partial charge is 0.333 e. The molecule has 1 nitrogen and oxygen atoms in total. The van der Waals surface area contributed by atoms with Crippen molar-refractivity contribution in [2.24, 2.45) is 5.73 Å². The van der Waals surface area contributed by atoms with Crippen molar-refractivity contribution in [2.75, 3.05) is 7.05 Å². The first-order valence-electron chi connectivity index (χ1n) is 2.65. The van der Waals surface area contributed by atoms with Crippen molar-refractivity contribution < 1.29 is 0 Å². The molecule has 0 aromatic rings. The van der Waals surface area contributed by atoms with Crippen LogP contribution in [0.1, 0.15) is 0 Å². The highest BCUT2D eigenvalue weighted by Crippen LogP contribution is 2.32. The van der Waals surface area contributed by atoms with Gasteiger partial charge in [0.2, 0.25) is 0 Å². The van der Waals surface area contributed by atoms with Gasteiger partial charge in [-0.1, -0.05) is 18.2 Å².